The highest BCUT2D eigenvalue weighted by molar-refractivity contribution is 7.92. The monoisotopic (exact) mass is 207 g/mol. The lowest BCUT2D eigenvalue weighted by atomic mass is 10.4. The summed E-state index contributed by atoms with van der Waals surface area (Å²) in [6, 6.07) is -0.00988. The van der Waals surface area contributed by atoms with Crippen LogP contribution in [0.3, 0.4) is 0 Å². The van der Waals surface area contributed by atoms with E-state index in [-0.39, 0.29) is 17.5 Å². The molecular formula is C8H17NO3S. The lowest BCUT2D eigenvalue weighted by Crippen LogP contribution is -2.35. The number of hydrogen-bond donors (Lipinski definition) is 1. The maximum atomic E-state index is 11.2. The fraction of sp³-hybridized carbons (Fsp3) is 0.875. The summed E-state index contributed by atoms with van der Waals surface area (Å²) < 4.78 is 22.3. The molecule has 4 nitrogen and oxygen atoms in total. The predicted molar refractivity (Wildman–Crippen MR) is 52.2 cm³/mol. The summed E-state index contributed by atoms with van der Waals surface area (Å²) in [6.45, 7) is 5.37. The first-order chi connectivity index (χ1) is 5.87. The molecule has 0 aromatic heterocycles. The SMILES string of the molecule is CCCS(=O)(=O)CC(=O)NC(C)C. The molecule has 1 amide bonds. The molecule has 0 aliphatic rings. The van der Waals surface area contributed by atoms with E-state index in [1.807, 2.05) is 0 Å². The Balaban J connectivity index is 4.05. The van der Waals surface area contributed by atoms with Gasteiger partial charge in [0.1, 0.15) is 5.75 Å². The molecule has 0 saturated carbocycles. The van der Waals surface area contributed by atoms with Crippen LogP contribution in [0.4, 0.5) is 0 Å². The molecule has 0 radical (unpaired) electrons. The summed E-state index contributed by atoms with van der Waals surface area (Å²) in [5.74, 6) is -0.721. The quantitative estimate of drug-likeness (QED) is 0.707. The van der Waals surface area contributed by atoms with E-state index in [0.29, 0.717) is 6.42 Å². The van der Waals surface area contributed by atoms with E-state index < -0.39 is 15.7 Å². The number of nitrogens with one attached hydrogen (secondary N) is 1. The smallest absolute Gasteiger partial charge is 0.235 e. The van der Waals surface area contributed by atoms with E-state index in [1.54, 1.807) is 20.8 Å². The minimum atomic E-state index is -3.19. The average molecular weight is 207 g/mol. The zero-order chi connectivity index (χ0) is 10.5. The van der Waals surface area contributed by atoms with Crippen LogP contribution in [0.15, 0.2) is 0 Å². The van der Waals surface area contributed by atoms with Crippen molar-refractivity contribution in [2.75, 3.05) is 11.5 Å². The van der Waals surface area contributed by atoms with Crippen LogP contribution in [-0.2, 0) is 14.6 Å². The van der Waals surface area contributed by atoms with Gasteiger partial charge in [0.2, 0.25) is 5.91 Å². The van der Waals surface area contributed by atoms with Crippen molar-refractivity contribution >= 4 is 15.7 Å². The topological polar surface area (TPSA) is 63.2 Å². The van der Waals surface area contributed by atoms with Crippen molar-refractivity contribution in [2.24, 2.45) is 0 Å². The van der Waals surface area contributed by atoms with Crippen molar-refractivity contribution in [3.63, 3.8) is 0 Å². The second-order valence-electron chi connectivity index (χ2n) is 3.31. The van der Waals surface area contributed by atoms with E-state index in [2.05, 4.69) is 5.32 Å². The highest BCUT2D eigenvalue weighted by atomic mass is 32.2. The van der Waals surface area contributed by atoms with Gasteiger partial charge < -0.3 is 5.32 Å². The molecule has 5 heteroatoms. The van der Waals surface area contributed by atoms with Crippen LogP contribution in [0.2, 0.25) is 0 Å². The molecular weight excluding hydrogens is 190 g/mol. The summed E-state index contributed by atoms with van der Waals surface area (Å²) in [7, 11) is -3.19. The van der Waals surface area contributed by atoms with Gasteiger partial charge in [-0.05, 0) is 20.3 Å². The molecule has 0 saturated heterocycles. The molecule has 0 rings (SSSR count). The van der Waals surface area contributed by atoms with Crippen LogP contribution in [0.5, 0.6) is 0 Å². The Labute approximate surface area is 79.6 Å². The first kappa shape index (κ1) is 12.4. The van der Waals surface area contributed by atoms with Gasteiger partial charge in [0.25, 0.3) is 0 Å². The van der Waals surface area contributed by atoms with Crippen molar-refractivity contribution < 1.29 is 13.2 Å². The van der Waals surface area contributed by atoms with Gasteiger partial charge in [-0.2, -0.15) is 0 Å². The van der Waals surface area contributed by atoms with Crippen LogP contribution in [0, 0.1) is 0 Å². The van der Waals surface area contributed by atoms with Crippen molar-refractivity contribution in [3.05, 3.63) is 0 Å². The summed E-state index contributed by atoms with van der Waals surface area (Å²) >= 11 is 0. The third-order valence-electron chi connectivity index (χ3n) is 1.32. The maximum absolute atomic E-state index is 11.2. The Bertz CT molecular complexity index is 257. The van der Waals surface area contributed by atoms with Crippen LogP contribution in [-0.4, -0.2) is 31.9 Å². The Kier molecular flexibility index (Phi) is 4.98. The molecule has 78 valence electrons. The Morgan fingerprint density at radius 1 is 1.38 bits per heavy atom. The minimum absolute atomic E-state index is 0.00988. The number of hydrogen-bond acceptors (Lipinski definition) is 3. The van der Waals surface area contributed by atoms with Crippen molar-refractivity contribution in [1.82, 2.24) is 5.32 Å². The van der Waals surface area contributed by atoms with Gasteiger partial charge in [0.15, 0.2) is 9.84 Å². The normalized spacial score (nSPS) is 11.7. The molecule has 1 N–H and O–H groups in total. The van der Waals surface area contributed by atoms with Gasteiger partial charge in [0.05, 0.1) is 5.75 Å². The van der Waals surface area contributed by atoms with Crippen LogP contribution >= 0.6 is 0 Å². The number of rotatable bonds is 5. The molecule has 13 heavy (non-hydrogen) atoms. The summed E-state index contributed by atoms with van der Waals surface area (Å²) in [5.41, 5.74) is 0. The molecule has 0 spiro atoms. The first-order valence-electron chi connectivity index (χ1n) is 4.37. The minimum Gasteiger partial charge on any atom is -0.353 e. The third kappa shape index (κ3) is 6.57. The lowest BCUT2D eigenvalue weighted by molar-refractivity contribution is -0.119. The maximum Gasteiger partial charge on any atom is 0.235 e. The lowest BCUT2D eigenvalue weighted by Gasteiger charge is -2.07. The average Bonchev–Trinajstić information content (AvgIpc) is 1.81. The van der Waals surface area contributed by atoms with Crippen LogP contribution < -0.4 is 5.32 Å². The summed E-state index contributed by atoms with van der Waals surface area (Å²) in [6.07, 6.45) is 0.553. The largest absolute Gasteiger partial charge is 0.353 e. The second kappa shape index (κ2) is 5.21. The number of sulfone groups is 1. The first-order valence-corrected chi connectivity index (χ1v) is 6.19. The molecule has 0 aliphatic heterocycles. The number of carbonyl (C=O) groups excluding carboxylic acids is 1. The molecule has 0 aromatic carbocycles. The molecule has 0 fully saturated rings. The molecule has 0 heterocycles. The van der Waals surface area contributed by atoms with Gasteiger partial charge >= 0.3 is 0 Å². The van der Waals surface area contributed by atoms with Crippen molar-refractivity contribution in [3.8, 4) is 0 Å². The van der Waals surface area contributed by atoms with E-state index in [9.17, 15) is 13.2 Å². The standard InChI is InChI=1S/C8H17NO3S/c1-4-5-13(11,12)6-8(10)9-7(2)3/h7H,4-6H2,1-3H3,(H,9,10). The highest BCUT2D eigenvalue weighted by Crippen LogP contribution is 1.93. The molecule has 0 aromatic rings. The molecule has 0 unspecified atom stereocenters. The van der Waals surface area contributed by atoms with E-state index >= 15 is 0 Å². The van der Waals surface area contributed by atoms with Gasteiger partial charge in [-0.3, -0.25) is 4.79 Å². The van der Waals surface area contributed by atoms with Crippen molar-refractivity contribution in [1.29, 1.82) is 0 Å². The fourth-order valence-electron chi connectivity index (χ4n) is 0.947. The summed E-state index contributed by atoms with van der Waals surface area (Å²) in [4.78, 5) is 11.1. The molecule has 0 bridgehead atoms. The van der Waals surface area contributed by atoms with Gasteiger partial charge in [-0.1, -0.05) is 6.92 Å². The highest BCUT2D eigenvalue weighted by Gasteiger charge is 2.15. The summed E-state index contributed by atoms with van der Waals surface area (Å²) in [5, 5.41) is 2.54. The van der Waals surface area contributed by atoms with Crippen LogP contribution in [0.1, 0.15) is 27.2 Å². The van der Waals surface area contributed by atoms with E-state index in [4.69, 9.17) is 0 Å². The fourth-order valence-corrected chi connectivity index (χ4v) is 2.20. The van der Waals surface area contributed by atoms with Crippen molar-refractivity contribution in [2.45, 2.75) is 33.2 Å². The van der Waals surface area contributed by atoms with Gasteiger partial charge in [-0.15, -0.1) is 0 Å². The number of carbonyl (C=O) groups is 1. The Hall–Kier alpha value is -0.580. The zero-order valence-corrected chi connectivity index (χ0v) is 9.15. The van der Waals surface area contributed by atoms with Gasteiger partial charge in [0, 0.05) is 6.04 Å². The molecule has 0 atom stereocenters. The number of amides is 1. The van der Waals surface area contributed by atoms with Crippen LogP contribution in [0.25, 0.3) is 0 Å². The Morgan fingerprint density at radius 2 is 1.92 bits per heavy atom. The zero-order valence-electron chi connectivity index (χ0n) is 8.33. The third-order valence-corrected chi connectivity index (χ3v) is 3.05. The molecule has 0 aliphatic carbocycles. The van der Waals surface area contributed by atoms with E-state index in [0.717, 1.165) is 0 Å². The predicted octanol–water partition coefficient (Wildman–Crippen LogP) is 0.336. The Morgan fingerprint density at radius 3 is 2.31 bits per heavy atom. The second-order valence-corrected chi connectivity index (χ2v) is 5.50. The van der Waals surface area contributed by atoms with Gasteiger partial charge in [-0.25, -0.2) is 8.42 Å². The van der Waals surface area contributed by atoms with E-state index in [1.165, 1.54) is 0 Å².